The van der Waals surface area contributed by atoms with Crippen molar-refractivity contribution in [2.24, 2.45) is 0 Å². The van der Waals surface area contributed by atoms with Gasteiger partial charge < -0.3 is 0 Å². The zero-order valence-corrected chi connectivity index (χ0v) is 18.6. The second-order valence-corrected chi connectivity index (χ2v) is 9.64. The van der Waals surface area contributed by atoms with Gasteiger partial charge in [-0.25, -0.2) is 0 Å². The number of anilines is 3. The summed E-state index contributed by atoms with van der Waals surface area (Å²) in [5.74, 6) is 2.58. The Bertz CT molecular complexity index is 1250. The van der Waals surface area contributed by atoms with E-state index in [1.807, 2.05) is 6.07 Å². The molecule has 7 nitrogen and oxygen atoms in total. The van der Waals surface area contributed by atoms with E-state index in [0.29, 0.717) is 29.9 Å². The molecule has 4 heterocycles. The van der Waals surface area contributed by atoms with Crippen molar-refractivity contribution in [2.45, 2.75) is 10.5 Å². The predicted octanol–water partition coefficient (Wildman–Crippen LogP) is 0.0554. The first kappa shape index (κ1) is 19.7. The summed E-state index contributed by atoms with van der Waals surface area (Å²) in [5.41, 5.74) is 4.72. The number of amides is 1. The molecule has 1 atom stereocenters. The van der Waals surface area contributed by atoms with Crippen molar-refractivity contribution in [2.75, 3.05) is 24.3 Å². The normalized spacial score (nSPS) is 16.8. The van der Waals surface area contributed by atoms with Crippen molar-refractivity contribution in [3.05, 3.63) is 53.7 Å². The molecule has 0 spiro atoms. The van der Waals surface area contributed by atoms with E-state index in [9.17, 15) is 9.18 Å². The first-order valence-electron chi connectivity index (χ1n) is 9.59. The molecule has 0 saturated heterocycles. The van der Waals surface area contributed by atoms with Crippen LogP contribution < -0.4 is 41.9 Å². The molecule has 2 aromatic heterocycles. The molecule has 0 fully saturated rings. The zero-order valence-electron chi connectivity index (χ0n) is 16.5. The van der Waals surface area contributed by atoms with Crippen LogP contribution in [-0.4, -0.2) is 33.6 Å². The average Bonchev–Trinajstić information content (AvgIpc) is 3.12. The molecule has 4 N–H and O–H groups in total. The molecule has 0 radical (unpaired) electrons. The summed E-state index contributed by atoms with van der Waals surface area (Å²) in [6.45, 7) is 0.486. The summed E-state index contributed by atoms with van der Waals surface area (Å²) < 4.78 is 22.8. The van der Waals surface area contributed by atoms with Gasteiger partial charge >= 0.3 is 189 Å². The Morgan fingerprint density at radius 2 is 2.26 bits per heavy atom. The molecule has 9 heteroatoms. The van der Waals surface area contributed by atoms with Gasteiger partial charge in [0.15, 0.2) is 0 Å². The number of rotatable bonds is 3. The van der Waals surface area contributed by atoms with Gasteiger partial charge in [0, 0.05) is 0 Å². The fourth-order valence-electron chi connectivity index (χ4n) is 3.77. The minimum absolute atomic E-state index is 0.0330. The van der Waals surface area contributed by atoms with E-state index in [1.165, 1.54) is 13.2 Å². The van der Waals surface area contributed by atoms with Crippen LogP contribution in [0.15, 0.2) is 36.7 Å². The van der Waals surface area contributed by atoms with Gasteiger partial charge in [-0.1, -0.05) is 0 Å². The van der Waals surface area contributed by atoms with Crippen LogP contribution in [-0.2, 0) is 6.42 Å². The van der Waals surface area contributed by atoms with Crippen LogP contribution >= 0.6 is 0 Å². The topological polar surface area (TPSA) is 91.1 Å². The number of H-pyrrole nitrogens is 1. The summed E-state index contributed by atoms with van der Waals surface area (Å²) >= 11 is -0.527. The number of hydrogen-bond acceptors (Lipinski definition) is 5. The Morgan fingerprint density at radius 3 is 3.13 bits per heavy atom. The summed E-state index contributed by atoms with van der Waals surface area (Å²) in [5, 5.41) is 9.66. The van der Waals surface area contributed by atoms with Crippen molar-refractivity contribution in [1.29, 1.82) is 0 Å². The number of carbonyl (C=O) groups excluding carboxylic acids is 1. The number of carbonyl (C=O) groups is 1. The Labute approximate surface area is 188 Å². The fraction of sp³-hybridized carbons (Fsp3) is 0.182. The van der Waals surface area contributed by atoms with Gasteiger partial charge in [0.1, 0.15) is 0 Å². The van der Waals surface area contributed by atoms with E-state index in [4.69, 9.17) is 4.74 Å². The van der Waals surface area contributed by atoms with Gasteiger partial charge in [-0.3, -0.25) is 0 Å². The molecule has 1 amide bonds. The number of aromatic amines is 1. The maximum atomic E-state index is 14.3. The third-order valence-electron chi connectivity index (χ3n) is 5.12. The van der Waals surface area contributed by atoms with Crippen molar-refractivity contribution < 1.29 is 35.1 Å². The molecule has 31 heavy (non-hydrogen) atoms. The van der Waals surface area contributed by atoms with Crippen LogP contribution in [0.2, 0.25) is 0 Å². The molecule has 1 unspecified atom stereocenters. The summed E-state index contributed by atoms with van der Waals surface area (Å²) in [7, 11) is 1.42. The summed E-state index contributed by atoms with van der Waals surface area (Å²) in [6.07, 6.45) is 4.09. The van der Waals surface area contributed by atoms with Crippen molar-refractivity contribution in [3.63, 3.8) is 0 Å². The number of nitrogens with zero attached hydrogens (tertiary/aromatic N) is 1. The van der Waals surface area contributed by atoms with Crippen molar-refractivity contribution in [1.82, 2.24) is 15.3 Å². The van der Waals surface area contributed by atoms with Crippen LogP contribution in [0.4, 0.5) is 21.5 Å². The number of aromatic nitrogens is 2. The number of benzene rings is 1. The quantitative estimate of drug-likeness (QED) is 0.167. The maximum absolute atomic E-state index is 14.3. The second-order valence-electron chi connectivity index (χ2n) is 6.97. The molecule has 3 aromatic rings. The number of para-hydroxylation sites is 1. The summed E-state index contributed by atoms with van der Waals surface area (Å²) in [4.78, 5) is 20.8. The molecule has 2 aliphatic rings. The second kappa shape index (κ2) is 8.11. The van der Waals surface area contributed by atoms with E-state index in [0.717, 1.165) is 22.6 Å². The number of pyridine rings is 1. The predicted molar refractivity (Wildman–Crippen MR) is 111 cm³/mol. The first-order chi connectivity index (χ1) is 15.2. The van der Waals surface area contributed by atoms with E-state index in [2.05, 4.69) is 35.8 Å². The molecule has 0 aliphatic carbocycles. The third kappa shape index (κ3) is 3.57. The fourth-order valence-corrected chi connectivity index (χ4v) is 5.66. The minimum atomic E-state index is -0.527. The molecule has 2 aliphatic heterocycles. The molecule has 158 valence electrons. The van der Waals surface area contributed by atoms with Crippen LogP contribution in [0.3, 0.4) is 0 Å². The zero-order chi connectivity index (χ0) is 21.4. The molecular formula is C22H18FIN5O2-. The van der Waals surface area contributed by atoms with Gasteiger partial charge in [-0.05, 0) is 0 Å². The SMILES string of the molecule is COc1c(F)cccc1Nc1c2[nH]c3c1C(=O)NC(C3)[I-]C#CCNc1cnccc1-2. The number of hydrogen-bond donors (Lipinski definition) is 4. The number of alkyl halides is 1. The molecule has 5 rings (SSSR count). The Hall–Kier alpha value is -3.26. The molecule has 3 bridgehead atoms. The van der Waals surface area contributed by atoms with Crippen LogP contribution in [0.1, 0.15) is 16.1 Å². The average molecular weight is 530 g/mol. The number of nitrogens with one attached hydrogen (secondary N) is 4. The number of halogens is 2. The van der Waals surface area contributed by atoms with Gasteiger partial charge in [0.25, 0.3) is 0 Å². The molecule has 0 saturated carbocycles. The van der Waals surface area contributed by atoms with Gasteiger partial charge in [0.05, 0.1) is 0 Å². The van der Waals surface area contributed by atoms with Gasteiger partial charge in [-0.15, -0.1) is 0 Å². The van der Waals surface area contributed by atoms with Crippen LogP contribution in [0.5, 0.6) is 5.75 Å². The first-order valence-corrected chi connectivity index (χ1v) is 11.9. The Morgan fingerprint density at radius 1 is 1.35 bits per heavy atom. The Balaban J connectivity index is 1.72. The number of fused-ring (bicyclic) bond motifs is 4. The number of methoxy groups -OCH3 is 1. The standard InChI is InChI=1S/C22H18FIN5O2/c1-31-21-13(23)4-2-5-14(21)27-20-18-15-10-17(29-22(18)30)24-7-3-8-26-16-11-25-9-6-12(16)19(20)28-15/h2,4-6,9,11,17,26-28H,8,10H2,1H3,(H,29,30)/q-1. The molecule has 1 aromatic carbocycles. The molecular weight excluding hydrogens is 512 g/mol. The van der Waals surface area contributed by atoms with Crippen molar-refractivity contribution in [3.8, 4) is 26.9 Å². The van der Waals surface area contributed by atoms with E-state index < -0.39 is 27.0 Å². The van der Waals surface area contributed by atoms with E-state index >= 15 is 0 Å². The van der Waals surface area contributed by atoms with Gasteiger partial charge in [0.2, 0.25) is 0 Å². The monoisotopic (exact) mass is 530 g/mol. The third-order valence-corrected chi connectivity index (χ3v) is 7.31. The summed E-state index contributed by atoms with van der Waals surface area (Å²) in [6, 6.07) is 6.51. The van der Waals surface area contributed by atoms with Crippen LogP contribution in [0, 0.1) is 15.7 Å². The van der Waals surface area contributed by atoms with Crippen LogP contribution in [0.25, 0.3) is 11.3 Å². The number of ether oxygens (including phenoxy) is 1. The van der Waals surface area contributed by atoms with E-state index in [-0.39, 0.29) is 15.7 Å². The van der Waals surface area contributed by atoms with Gasteiger partial charge in [-0.2, -0.15) is 0 Å². The van der Waals surface area contributed by atoms with Crippen molar-refractivity contribution >= 4 is 23.0 Å². The Kier molecular flexibility index (Phi) is 5.15. The van der Waals surface area contributed by atoms with E-state index in [1.54, 1.807) is 24.5 Å².